The van der Waals surface area contributed by atoms with E-state index in [4.69, 9.17) is 9.47 Å². The monoisotopic (exact) mass is 406 g/mol. The van der Waals surface area contributed by atoms with Gasteiger partial charge in [0.25, 0.3) is 0 Å². The maximum Gasteiger partial charge on any atom is 0.230 e. The number of carbonyl (C=O) groups is 1. The van der Waals surface area contributed by atoms with Crippen LogP contribution in [-0.2, 0) is 11.2 Å². The Morgan fingerprint density at radius 1 is 1.17 bits per heavy atom. The molecule has 2 N–H and O–H groups in total. The quantitative estimate of drug-likeness (QED) is 0.536. The molecule has 0 saturated carbocycles. The Bertz CT molecular complexity index is 1210. The second-order valence-electron chi connectivity index (χ2n) is 6.83. The Morgan fingerprint density at radius 2 is 2.03 bits per heavy atom. The Morgan fingerprint density at radius 3 is 2.86 bits per heavy atom. The van der Waals surface area contributed by atoms with Crippen molar-refractivity contribution in [3.8, 4) is 22.1 Å². The lowest BCUT2D eigenvalue weighted by Gasteiger charge is -2.18. The molecular formula is C21H18N4O3S. The number of nitrogens with zero attached hydrogens (tertiary/aromatic N) is 2. The van der Waals surface area contributed by atoms with E-state index in [1.54, 1.807) is 11.3 Å². The SMILES string of the molecule is Cc1csc(-c2ccc3[nH]nc(NC(=O)Cc4ccc5c(c4)OCCO5)c3c2)n1. The minimum absolute atomic E-state index is 0.148. The highest BCUT2D eigenvalue weighted by atomic mass is 32.1. The van der Waals surface area contributed by atoms with Gasteiger partial charge >= 0.3 is 0 Å². The zero-order chi connectivity index (χ0) is 19.8. The van der Waals surface area contributed by atoms with Crippen LogP contribution in [0.1, 0.15) is 11.3 Å². The molecule has 1 aliphatic heterocycles. The molecule has 5 rings (SSSR count). The van der Waals surface area contributed by atoms with Crippen molar-refractivity contribution in [3.05, 3.63) is 53.0 Å². The molecule has 0 spiro atoms. The van der Waals surface area contributed by atoms with Crippen molar-refractivity contribution in [3.63, 3.8) is 0 Å². The fourth-order valence-corrected chi connectivity index (χ4v) is 4.08. The standard InChI is InChI=1S/C21H18N4O3S/c1-12-11-29-21(22-12)14-3-4-16-15(10-14)20(25-24-16)23-19(26)9-13-2-5-17-18(8-13)28-7-6-27-17/h2-5,8,10-11H,6-7,9H2,1H3,(H2,23,24,25,26). The van der Waals surface area contributed by atoms with Gasteiger partial charge in [-0.05, 0) is 42.8 Å². The molecular weight excluding hydrogens is 388 g/mol. The highest BCUT2D eigenvalue weighted by molar-refractivity contribution is 7.13. The second kappa shape index (κ2) is 7.21. The van der Waals surface area contributed by atoms with Gasteiger partial charge in [-0.1, -0.05) is 6.07 Å². The fourth-order valence-electron chi connectivity index (χ4n) is 3.29. The number of aromatic nitrogens is 3. The summed E-state index contributed by atoms with van der Waals surface area (Å²) in [5, 5.41) is 14.0. The number of H-pyrrole nitrogens is 1. The summed E-state index contributed by atoms with van der Waals surface area (Å²) in [6.45, 7) is 3.03. The van der Waals surface area contributed by atoms with Crippen molar-refractivity contribution in [1.82, 2.24) is 15.2 Å². The van der Waals surface area contributed by atoms with Crippen LogP contribution in [0.4, 0.5) is 5.82 Å². The minimum atomic E-state index is -0.148. The second-order valence-corrected chi connectivity index (χ2v) is 7.69. The lowest BCUT2D eigenvalue weighted by atomic mass is 10.1. The first-order valence-corrected chi connectivity index (χ1v) is 10.1. The molecule has 0 bridgehead atoms. The van der Waals surface area contributed by atoms with Gasteiger partial charge in [0.1, 0.15) is 18.2 Å². The molecule has 1 aliphatic rings. The van der Waals surface area contributed by atoms with Crippen LogP contribution in [0.25, 0.3) is 21.5 Å². The van der Waals surface area contributed by atoms with Gasteiger partial charge < -0.3 is 14.8 Å². The van der Waals surface area contributed by atoms with Gasteiger partial charge in [0.15, 0.2) is 17.3 Å². The zero-order valence-corrected chi connectivity index (χ0v) is 16.5. The van der Waals surface area contributed by atoms with Gasteiger partial charge in [-0.3, -0.25) is 9.89 Å². The summed E-state index contributed by atoms with van der Waals surface area (Å²) in [6, 6.07) is 11.5. The van der Waals surface area contributed by atoms with Crippen molar-refractivity contribution in [2.75, 3.05) is 18.5 Å². The van der Waals surface area contributed by atoms with E-state index in [0.717, 1.165) is 32.7 Å². The molecule has 2 aromatic heterocycles. The van der Waals surface area contributed by atoms with Crippen LogP contribution in [-0.4, -0.2) is 34.3 Å². The number of benzene rings is 2. The summed E-state index contributed by atoms with van der Waals surface area (Å²) in [5.74, 6) is 1.75. The number of hydrogen-bond donors (Lipinski definition) is 2. The van der Waals surface area contributed by atoms with Crippen LogP contribution in [0, 0.1) is 6.92 Å². The number of anilines is 1. The Kier molecular flexibility index (Phi) is 4.40. The summed E-state index contributed by atoms with van der Waals surface area (Å²) < 4.78 is 11.1. The van der Waals surface area contributed by atoms with Gasteiger partial charge in [-0.15, -0.1) is 11.3 Å². The van der Waals surface area contributed by atoms with Crippen molar-refractivity contribution in [1.29, 1.82) is 0 Å². The first-order valence-electron chi connectivity index (χ1n) is 9.25. The third-order valence-corrected chi connectivity index (χ3v) is 5.67. The molecule has 2 aromatic carbocycles. The Labute approximate surface area is 170 Å². The van der Waals surface area contributed by atoms with E-state index in [-0.39, 0.29) is 12.3 Å². The summed E-state index contributed by atoms with van der Waals surface area (Å²) in [7, 11) is 0. The molecule has 29 heavy (non-hydrogen) atoms. The number of ether oxygens (including phenoxy) is 2. The minimum Gasteiger partial charge on any atom is -0.486 e. The van der Waals surface area contributed by atoms with Gasteiger partial charge in [0.05, 0.1) is 11.9 Å². The predicted octanol–water partition coefficient (Wildman–Crippen LogP) is 3.95. The number of carbonyl (C=O) groups excluding carboxylic acids is 1. The third-order valence-electron chi connectivity index (χ3n) is 4.66. The van der Waals surface area contributed by atoms with E-state index >= 15 is 0 Å². The van der Waals surface area contributed by atoms with Crippen LogP contribution < -0.4 is 14.8 Å². The van der Waals surface area contributed by atoms with E-state index in [1.165, 1.54) is 0 Å². The van der Waals surface area contributed by atoms with Gasteiger partial charge in [-0.2, -0.15) is 5.10 Å². The first kappa shape index (κ1) is 17.7. The molecule has 146 valence electrons. The molecule has 3 heterocycles. The van der Waals surface area contributed by atoms with Crippen LogP contribution >= 0.6 is 11.3 Å². The molecule has 0 atom stereocenters. The number of rotatable bonds is 4. The van der Waals surface area contributed by atoms with Gasteiger partial charge in [-0.25, -0.2) is 4.98 Å². The number of thiazole rings is 1. The van der Waals surface area contributed by atoms with Crippen molar-refractivity contribution >= 4 is 34.0 Å². The largest absolute Gasteiger partial charge is 0.486 e. The lowest BCUT2D eigenvalue weighted by molar-refractivity contribution is -0.115. The zero-order valence-electron chi connectivity index (χ0n) is 15.7. The molecule has 0 radical (unpaired) electrons. The number of fused-ring (bicyclic) bond motifs is 2. The Balaban J connectivity index is 1.36. The molecule has 4 aromatic rings. The number of aromatic amines is 1. The van der Waals surface area contributed by atoms with Crippen LogP contribution in [0.15, 0.2) is 41.8 Å². The number of nitrogens with one attached hydrogen (secondary N) is 2. The van der Waals surface area contributed by atoms with E-state index in [9.17, 15) is 4.79 Å². The van der Waals surface area contributed by atoms with E-state index < -0.39 is 0 Å². The molecule has 0 unspecified atom stereocenters. The highest BCUT2D eigenvalue weighted by Gasteiger charge is 2.15. The average Bonchev–Trinajstić information content (AvgIpc) is 3.34. The van der Waals surface area contributed by atoms with Crippen molar-refractivity contribution in [2.45, 2.75) is 13.3 Å². The maximum absolute atomic E-state index is 12.6. The smallest absolute Gasteiger partial charge is 0.230 e. The normalized spacial score (nSPS) is 12.9. The van der Waals surface area contributed by atoms with Crippen molar-refractivity contribution < 1.29 is 14.3 Å². The molecule has 0 saturated heterocycles. The lowest BCUT2D eigenvalue weighted by Crippen LogP contribution is -2.17. The predicted molar refractivity (Wildman–Crippen MR) is 112 cm³/mol. The maximum atomic E-state index is 12.6. The summed E-state index contributed by atoms with van der Waals surface area (Å²) >= 11 is 1.60. The van der Waals surface area contributed by atoms with E-state index in [0.29, 0.717) is 30.5 Å². The average molecular weight is 406 g/mol. The fraction of sp³-hybridized carbons (Fsp3) is 0.190. The molecule has 8 heteroatoms. The summed E-state index contributed by atoms with van der Waals surface area (Å²) in [4.78, 5) is 17.1. The highest BCUT2D eigenvalue weighted by Crippen LogP contribution is 2.32. The van der Waals surface area contributed by atoms with Gasteiger partial charge in [0.2, 0.25) is 5.91 Å². The number of amides is 1. The third kappa shape index (κ3) is 3.54. The molecule has 7 nitrogen and oxygen atoms in total. The van der Waals surface area contributed by atoms with Crippen molar-refractivity contribution in [2.24, 2.45) is 0 Å². The van der Waals surface area contributed by atoms with Crippen LogP contribution in [0.2, 0.25) is 0 Å². The summed E-state index contributed by atoms with van der Waals surface area (Å²) in [5.41, 5.74) is 3.70. The number of hydrogen-bond acceptors (Lipinski definition) is 6. The van der Waals surface area contributed by atoms with Crippen LogP contribution in [0.5, 0.6) is 11.5 Å². The molecule has 0 aliphatic carbocycles. The van der Waals surface area contributed by atoms with E-state index in [2.05, 4.69) is 20.5 Å². The van der Waals surface area contributed by atoms with Gasteiger partial charge in [0, 0.05) is 22.0 Å². The first-order chi connectivity index (χ1) is 14.2. The van der Waals surface area contributed by atoms with Crippen LogP contribution in [0.3, 0.4) is 0 Å². The molecule has 1 amide bonds. The molecule has 0 fully saturated rings. The van der Waals surface area contributed by atoms with E-state index in [1.807, 2.05) is 48.7 Å². The topological polar surface area (TPSA) is 89.1 Å². The number of aryl methyl sites for hydroxylation is 1. The Hall–Kier alpha value is -3.39. The summed E-state index contributed by atoms with van der Waals surface area (Å²) in [6.07, 6.45) is 0.219.